The van der Waals surface area contributed by atoms with Gasteiger partial charge in [0, 0.05) is 24.0 Å². The van der Waals surface area contributed by atoms with Crippen LogP contribution in [0.5, 0.6) is 0 Å². The van der Waals surface area contributed by atoms with Crippen LogP contribution in [0, 0.1) is 0 Å². The average molecular weight is 270 g/mol. The Hall–Kier alpha value is -0.590. The van der Waals surface area contributed by atoms with Gasteiger partial charge in [0.25, 0.3) is 0 Å². The molecule has 0 bridgehead atoms. The van der Waals surface area contributed by atoms with Gasteiger partial charge in [-0.1, -0.05) is 12.1 Å². The molecule has 0 saturated carbocycles. The molecule has 0 aromatic heterocycles. The highest BCUT2D eigenvalue weighted by atomic mass is 32.1. The minimum atomic E-state index is -1.43. The van der Waals surface area contributed by atoms with Gasteiger partial charge in [-0.3, -0.25) is 0 Å². The summed E-state index contributed by atoms with van der Waals surface area (Å²) in [6.45, 7) is 1.72. The molecule has 0 spiro atoms. The molecule has 4 nitrogen and oxygen atoms in total. The van der Waals surface area contributed by atoms with Gasteiger partial charge in [-0.05, 0) is 19.1 Å². The average Bonchev–Trinajstić information content (AvgIpc) is 2.34. The molecule has 1 fully saturated rings. The Labute approximate surface area is 112 Å². The highest BCUT2D eigenvalue weighted by Crippen LogP contribution is 2.36. The normalized spacial score (nSPS) is 36.6. The zero-order valence-corrected chi connectivity index (χ0v) is 11.3. The van der Waals surface area contributed by atoms with Crippen LogP contribution in [0.1, 0.15) is 18.9 Å². The van der Waals surface area contributed by atoms with Crippen molar-refractivity contribution in [2.24, 2.45) is 0 Å². The number of hydrogen-bond acceptors (Lipinski definition) is 5. The molecule has 2 rings (SSSR count). The monoisotopic (exact) mass is 270 g/mol. The van der Waals surface area contributed by atoms with Gasteiger partial charge in [-0.15, -0.1) is 12.6 Å². The van der Waals surface area contributed by atoms with E-state index in [1.807, 2.05) is 0 Å². The lowest BCUT2D eigenvalue weighted by atomic mass is 9.91. The molecule has 18 heavy (non-hydrogen) atoms. The molecule has 1 aliphatic heterocycles. The molecule has 1 saturated heterocycles. The van der Waals surface area contributed by atoms with Crippen molar-refractivity contribution in [1.82, 2.24) is 0 Å². The summed E-state index contributed by atoms with van der Waals surface area (Å²) in [5.41, 5.74) is 0.640. The number of benzene rings is 1. The summed E-state index contributed by atoms with van der Waals surface area (Å²) >= 11 is 4.20. The predicted octanol–water partition coefficient (Wildman–Crippen LogP) is 1.31. The maximum absolute atomic E-state index is 10.6. The summed E-state index contributed by atoms with van der Waals surface area (Å²) in [4.78, 5) is 0.814. The lowest BCUT2D eigenvalue weighted by Crippen LogP contribution is -2.52. The van der Waals surface area contributed by atoms with Gasteiger partial charge in [-0.2, -0.15) is 0 Å². The first-order valence-electron chi connectivity index (χ1n) is 5.87. The van der Waals surface area contributed by atoms with E-state index in [2.05, 4.69) is 12.6 Å². The Morgan fingerprint density at radius 2 is 2.00 bits per heavy atom. The molecule has 1 heterocycles. The summed E-state index contributed by atoms with van der Waals surface area (Å²) in [5, 5.41) is 20.5. The van der Waals surface area contributed by atoms with Gasteiger partial charge in [0.1, 0.15) is 6.10 Å². The number of aliphatic hydroxyl groups is 2. The maximum atomic E-state index is 10.6. The summed E-state index contributed by atoms with van der Waals surface area (Å²) in [7, 11) is 1.52. The van der Waals surface area contributed by atoms with E-state index >= 15 is 0 Å². The fraction of sp³-hybridized carbons (Fsp3) is 0.538. The number of rotatable bonds is 2. The minimum absolute atomic E-state index is 0.195. The van der Waals surface area contributed by atoms with Crippen LogP contribution in [-0.4, -0.2) is 35.6 Å². The number of methoxy groups -OCH3 is 1. The van der Waals surface area contributed by atoms with Crippen molar-refractivity contribution in [2.75, 3.05) is 7.11 Å². The van der Waals surface area contributed by atoms with E-state index in [1.165, 1.54) is 7.11 Å². The molecular formula is C13H18O4S. The second-order valence-electron chi connectivity index (χ2n) is 4.62. The van der Waals surface area contributed by atoms with Gasteiger partial charge in [0.05, 0.1) is 12.2 Å². The van der Waals surface area contributed by atoms with Gasteiger partial charge >= 0.3 is 0 Å². The Balaban J connectivity index is 2.27. The molecule has 5 heteroatoms. The Kier molecular flexibility index (Phi) is 3.99. The Morgan fingerprint density at radius 1 is 1.39 bits per heavy atom. The van der Waals surface area contributed by atoms with Crippen molar-refractivity contribution in [3.8, 4) is 0 Å². The summed E-state index contributed by atoms with van der Waals surface area (Å²) in [5.74, 6) is -1.43. The van der Waals surface area contributed by atoms with Gasteiger partial charge < -0.3 is 19.7 Å². The van der Waals surface area contributed by atoms with Crippen molar-refractivity contribution in [3.63, 3.8) is 0 Å². The third-order valence-electron chi connectivity index (χ3n) is 3.34. The summed E-state index contributed by atoms with van der Waals surface area (Å²) < 4.78 is 10.8. The smallest absolute Gasteiger partial charge is 0.195 e. The molecule has 1 aromatic rings. The van der Waals surface area contributed by atoms with Crippen LogP contribution in [0.25, 0.3) is 0 Å². The predicted molar refractivity (Wildman–Crippen MR) is 69.6 cm³/mol. The van der Waals surface area contributed by atoms with Crippen LogP contribution in [0.2, 0.25) is 0 Å². The first-order valence-corrected chi connectivity index (χ1v) is 6.31. The summed E-state index contributed by atoms with van der Waals surface area (Å²) in [6, 6.07) is 7.10. The quantitative estimate of drug-likeness (QED) is 0.709. The third kappa shape index (κ3) is 2.55. The molecule has 0 aliphatic carbocycles. The highest BCUT2D eigenvalue weighted by Gasteiger charge is 2.45. The minimum Gasteiger partial charge on any atom is -0.388 e. The highest BCUT2D eigenvalue weighted by molar-refractivity contribution is 7.80. The fourth-order valence-electron chi connectivity index (χ4n) is 2.25. The zero-order chi connectivity index (χ0) is 13.3. The topological polar surface area (TPSA) is 58.9 Å². The fourth-order valence-corrected chi connectivity index (χ4v) is 2.40. The third-order valence-corrected chi connectivity index (χ3v) is 3.64. The SMILES string of the molecule is CO[C@H]1CC(O)(c2ccc(S)cc2)O[C@@H](C)[C@@H]1O. The second-order valence-corrected chi connectivity index (χ2v) is 5.14. The van der Waals surface area contributed by atoms with Crippen molar-refractivity contribution in [3.05, 3.63) is 29.8 Å². The lowest BCUT2D eigenvalue weighted by Gasteiger charge is -2.42. The number of aliphatic hydroxyl groups excluding tert-OH is 1. The lowest BCUT2D eigenvalue weighted by molar-refractivity contribution is -0.307. The Bertz CT molecular complexity index is 408. The first kappa shape index (κ1) is 13.8. The number of ether oxygens (including phenoxy) is 2. The van der Waals surface area contributed by atoms with Crippen LogP contribution < -0.4 is 0 Å². The van der Waals surface area contributed by atoms with E-state index in [-0.39, 0.29) is 6.42 Å². The number of hydrogen-bond donors (Lipinski definition) is 3. The van der Waals surface area contributed by atoms with E-state index in [9.17, 15) is 10.2 Å². The van der Waals surface area contributed by atoms with E-state index in [1.54, 1.807) is 31.2 Å². The largest absolute Gasteiger partial charge is 0.388 e. The van der Waals surface area contributed by atoms with E-state index in [0.29, 0.717) is 5.56 Å². The van der Waals surface area contributed by atoms with Gasteiger partial charge in [0.15, 0.2) is 5.79 Å². The van der Waals surface area contributed by atoms with Crippen molar-refractivity contribution in [1.29, 1.82) is 0 Å². The van der Waals surface area contributed by atoms with E-state index < -0.39 is 24.1 Å². The van der Waals surface area contributed by atoms with Crippen LogP contribution in [-0.2, 0) is 15.3 Å². The zero-order valence-electron chi connectivity index (χ0n) is 10.4. The second kappa shape index (κ2) is 5.19. The standard InChI is InChI=1S/C13H18O4S/c1-8-12(14)11(16-2)7-13(15,17-8)9-3-5-10(18)6-4-9/h3-6,8,11-12,14-15,18H,7H2,1-2H3/t8-,11-,12-,13?/m0/s1. The van der Waals surface area contributed by atoms with Crippen LogP contribution >= 0.6 is 12.6 Å². The Morgan fingerprint density at radius 3 is 2.56 bits per heavy atom. The van der Waals surface area contributed by atoms with Crippen LogP contribution in [0.4, 0.5) is 0 Å². The maximum Gasteiger partial charge on any atom is 0.195 e. The molecule has 1 aliphatic rings. The van der Waals surface area contributed by atoms with E-state index in [4.69, 9.17) is 9.47 Å². The van der Waals surface area contributed by atoms with Crippen molar-refractivity contribution < 1.29 is 19.7 Å². The molecule has 2 N–H and O–H groups in total. The van der Waals surface area contributed by atoms with Crippen molar-refractivity contribution in [2.45, 2.75) is 42.3 Å². The molecule has 1 aromatic carbocycles. The molecule has 0 amide bonds. The van der Waals surface area contributed by atoms with Crippen LogP contribution in [0.15, 0.2) is 29.2 Å². The molecule has 4 atom stereocenters. The molecular weight excluding hydrogens is 252 g/mol. The van der Waals surface area contributed by atoms with E-state index in [0.717, 1.165) is 4.90 Å². The van der Waals surface area contributed by atoms with Gasteiger partial charge in [0.2, 0.25) is 0 Å². The van der Waals surface area contributed by atoms with Gasteiger partial charge in [-0.25, -0.2) is 0 Å². The molecule has 1 unspecified atom stereocenters. The first-order chi connectivity index (χ1) is 8.46. The van der Waals surface area contributed by atoms with Crippen LogP contribution in [0.3, 0.4) is 0 Å². The molecule has 0 radical (unpaired) electrons. The van der Waals surface area contributed by atoms with Crippen molar-refractivity contribution >= 4 is 12.6 Å². The number of thiol groups is 1. The summed E-state index contributed by atoms with van der Waals surface area (Å²) in [6.07, 6.45) is -1.49. The molecule has 100 valence electrons.